The molecule has 0 saturated heterocycles. The normalized spacial score (nSPS) is 10.3. The Bertz CT molecular complexity index is 37.8. The molecule has 0 aromatic rings. The van der Waals surface area contributed by atoms with E-state index in [0.29, 0.717) is 6.54 Å². The highest BCUT2D eigenvalue weighted by atomic mass is 35.5. The van der Waals surface area contributed by atoms with Crippen LogP contribution in [0.25, 0.3) is 0 Å². The van der Waals surface area contributed by atoms with Crippen molar-refractivity contribution in [3.8, 4) is 0 Å². The smallest absolute Gasteiger partial charge is 0.00258 e. The minimum atomic E-state index is 0. The molecule has 0 aromatic heterocycles. The summed E-state index contributed by atoms with van der Waals surface area (Å²) < 4.78 is 0. The summed E-state index contributed by atoms with van der Waals surface area (Å²) >= 11 is 0. The Kier molecular flexibility index (Phi) is 4.81. The molecule has 45 valence electrons. The molecule has 0 rings (SSSR count). The summed E-state index contributed by atoms with van der Waals surface area (Å²) in [5, 5.41) is 0. The SMILES string of the molecule is Cl.[CH2]C(C)(C)CN. The average molecular weight is 123 g/mol. The monoisotopic (exact) mass is 122 g/mol. The fourth-order valence-corrected chi connectivity index (χ4v) is 0. The highest BCUT2D eigenvalue weighted by molar-refractivity contribution is 5.85. The van der Waals surface area contributed by atoms with Gasteiger partial charge in [0, 0.05) is 0 Å². The maximum atomic E-state index is 5.24. The Hall–Kier alpha value is 0.250. The first-order chi connectivity index (χ1) is 2.56. The van der Waals surface area contributed by atoms with Crippen molar-refractivity contribution in [1.82, 2.24) is 0 Å². The van der Waals surface area contributed by atoms with Crippen LogP contribution in [0.15, 0.2) is 0 Å². The summed E-state index contributed by atoms with van der Waals surface area (Å²) in [4.78, 5) is 0. The molecular formula is C5H13ClN. The topological polar surface area (TPSA) is 26.0 Å². The summed E-state index contributed by atoms with van der Waals surface area (Å²) in [5.41, 5.74) is 5.31. The minimum absolute atomic E-state index is 0. The lowest BCUT2D eigenvalue weighted by Crippen LogP contribution is -2.19. The van der Waals surface area contributed by atoms with E-state index in [1.165, 1.54) is 0 Å². The van der Waals surface area contributed by atoms with Crippen LogP contribution in [0.5, 0.6) is 0 Å². The molecule has 1 radical (unpaired) electrons. The Balaban J connectivity index is 0. The van der Waals surface area contributed by atoms with Gasteiger partial charge in [-0.1, -0.05) is 13.8 Å². The van der Waals surface area contributed by atoms with Crippen molar-refractivity contribution < 1.29 is 0 Å². The molecule has 0 heterocycles. The zero-order valence-corrected chi connectivity index (χ0v) is 5.72. The Labute approximate surface area is 51.7 Å². The van der Waals surface area contributed by atoms with E-state index in [9.17, 15) is 0 Å². The van der Waals surface area contributed by atoms with Crippen molar-refractivity contribution in [2.24, 2.45) is 11.1 Å². The quantitative estimate of drug-likeness (QED) is 0.556. The van der Waals surface area contributed by atoms with E-state index in [0.717, 1.165) is 0 Å². The van der Waals surface area contributed by atoms with Crippen molar-refractivity contribution in [3.05, 3.63) is 6.92 Å². The van der Waals surface area contributed by atoms with Crippen LogP contribution in [0.3, 0.4) is 0 Å². The number of hydrogen-bond donors (Lipinski definition) is 1. The Morgan fingerprint density at radius 2 is 1.71 bits per heavy atom. The van der Waals surface area contributed by atoms with Gasteiger partial charge in [0.1, 0.15) is 0 Å². The van der Waals surface area contributed by atoms with Gasteiger partial charge in [-0.25, -0.2) is 0 Å². The lowest BCUT2D eigenvalue weighted by molar-refractivity contribution is 0.490. The van der Waals surface area contributed by atoms with Crippen LogP contribution in [0.4, 0.5) is 0 Å². The molecule has 0 bridgehead atoms. The molecule has 0 fully saturated rings. The highest BCUT2D eigenvalue weighted by Gasteiger charge is 2.04. The molecule has 0 aliphatic carbocycles. The second-order valence-corrected chi connectivity index (χ2v) is 2.37. The molecule has 2 N–H and O–H groups in total. The molecular weight excluding hydrogens is 110 g/mol. The molecule has 0 unspecified atom stereocenters. The maximum Gasteiger partial charge on any atom is -0.00258 e. The molecule has 0 amide bonds. The van der Waals surface area contributed by atoms with Crippen LogP contribution < -0.4 is 5.73 Å². The van der Waals surface area contributed by atoms with Crippen molar-refractivity contribution in [3.63, 3.8) is 0 Å². The first-order valence-corrected chi connectivity index (χ1v) is 2.12. The fraction of sp³-hybridized carbons (Fsp3) is 0.800. The lowest BCUT2D eigenvalue weighted by Gasteiger charge is -2.12. The average Bonchev–Trinajstić information content (AvgIpc) is 1.35. The molecule has 7 heavy (non-hydrogen) atoms. The van der Waals surface area contributed by atoms with E-state index in [1.54, 1.807) is 0 Å². The van der Waals surface area contributed by atoms with Crippen LogP contribution in [0.1, 0.15) is 13.8 Å². The van der Waals surface area contributed by atoms with Gasteiger partial charge < -0.3 is 5.73 Å². The summed E-state index contributed by atoms with van der Waals surface area (Å²) in [6.45, 7) is 8.44. The number of hydrogen-bond acceptors (Lipinski definition) is 1. The number of rotatable bonds is 1. The van der Waals surface area contributed by atoms with Gasteiger partial charge in [-0.05, 0) is 18.9 Å². The molecule has 0 spiro atoms. The van der Waals surface area contributed by atoms with Gasteiger partial charge >= 0.3 is 0 Å². The van der Waals surface area contributed by atoms with Gasteiger partial charge in [0.25, 0.3) is 0 Å². The van der Waals surface area contributed by atoms with Crippen LogP contribution in [-0.4, -0.2) is 6.54 Å². The molecule has 0 aromatic carbocycles. The lowest BCUT2D eigenvalue weighted by atomic mass is 9.98. The summed E-state index contributed by atoms with van der Waals surface area (Å²) in [7, 11) is 0. The van der Waals surface area contributed by atoms with Crippen molar-refractivity contribution in [2.45, 2.75) is 13.8 Å². The van der Waals surface area contributed by atoms with Gasteiger partial charge in [-0.2, -0.15) is 0 Å². The first kappa shape index (κ1) is 10.3. The van der Waals surface area contributed by atoms with E-state index < -0.39 is 0 Å². The van der Waals surface area contributed by atoms with E-state index in [-0.39, 0.29) is 17.8 Å². The predicted octanol–water partition coefficient (Wildman–Crippen LogP) is 1.23. The predicted molar refractivity (Wildman–Crippen MR) is 35.4 cm³/mol. The minimum Gasteiger partial charge on any atom is -0.330 e. The molecule has 2 heteroatoms. The van der Waals surface area contributed by atoms with Gasteiger partial charge in [-0.15, -0.1) is 12.4 Å². The van der Waals surface area contributed by atoms with Crippen molar-refractivity contribution >= 4 is 12.4 Å². The maximum absolute atomic E-state index is 5.24. The zero-order chi connectivity index (χ0) is 5.21. The molecule has 0 atom stereocenters. The van der Waals surface area contributed by atoms with Crippen LogP contribution in [0.2, 0.25) is 0 Å². The van der Waals surface area contributed by atoms with Crippen LogP contribution >= 0.6 is 12.4 Å². The van der Waals surface area contributed by atoms with Gasteiger partial charge in [0.2, 0.25) is 0 Å². The standard InChI is InChI=1S/C5H12N.ClH/c1-5(2,3)4-6;/h1,4,6H2,2-3H3;1H. The zero-order valence-electron chi connectivity index (χ0n) is 4.90. The van der Waals surface area contributed by atoms with Crippen LogP contribution in [-0.2, 0) is 0 Å². The van der Waals surface area contributed by atoms with E-state index in [1.807, 2.05) is 13.8 Å². The van der Waals surface area contributed by atoms with Crippen molar-refractivity contribution in [2.75, 3.05) is 6.54 Å². The van der Waals surface area contributed by atoms with Crippen molar-refractivity contribution in [1.29, 1.82) is 0 Å². The Morgan fingerprint density at radius 1 is 1.57 bits per heavy atom. The van der Waals surface area contributed by atoms with E-state index >= 15 is 0 Å². The third-order valence-corrected chi connectivity index (χ3v) is 0.553. The third kappa shape index (κ3) is 10.7. The molecule has 1 nitrogen and oxygen atoms in total. The van der Waals surface area contributed by atoms with Gasteiger partial charge in [-0.3, -0.25) is 0 Å². The number of nitrogens with two attached hydrogens (primary N) is 1. The van der Waals surface area contributed by atoms with E-state index in [4.69, 9.17) is 5.73 Å². The molecule has 0 aliphatic rings. The third-order valence-electron chi connectivity index (χ3n) is 0.553. The summed E-state index contributed by atoms with van der Waals surface area (Å²) in [6, 6.07) is 0. The van der Waals surface area contributed by atoms with Gasteiger partial charge in [0.15, 0.2) is 0 Å². The second-order valence-electron chi connectivity index (χ2n) is 2.37. The second kappa shape index (κ2) is 3.28. The molecule has 0 aliphatic heterocycles. The summed E-state index contributed by atoms with van der Waals surface area (Å²) in [5.74, 6) is 0. The van der Waals surface area contributed by atoms with Crippen LogP contribution in [0, 0.1) is 12.3 Å². The molecule has 0 saturated carbocycles. The van der Waals surface area contributed by atoms with E-state index in [2.05, 4.69) is 6.92 Å². The fourth-order valence-electron chi connectivity index (χ4n) is 0. The summed E-state index contributed by atoms with van der Waals surface area (Å²) in [6.07, 6.45) is 0. The largest absolute Gasteiger partial charge is 0.330 e. The number of halogens is 1. The van der Waals surface area contributed by atoms with Gasteiger partial charge in [0.05, 0.1) is 0 Å². The Morgan fingerprint density at radius 3 is 1.71 bits per heavy atom. The highest BCUT2D eigenvalue weighted by Crippen LogP contribution is 2.06. The first-order valence-electron chi connectivity index (χ1n) is 2.12.